The van der Waals surface area contributed by atoms with Gasteiger partial charge in [-0.3, -0.25) is 9.36 Å². The molecule has 3 aromatic heterocycles. The van der Waals surface area contributed by atoms with Crippen molar-refractivity contribution in [1.29, 1.82) is 0 Å². The number of aryl methyl sites for hydroxylation is 1. The number of thioether (sulfide) groups is 1. The largest absolute Gasteiger partial charge is 0.448 e. The van der Waals surface area contributed by atoms with E-state index in [1.54, 1.807) is 4.57 Å². The first kappa shape index (κ1) is 21.1. The molecule has 1 fully saturated rings. The van der Waals surface area contributed by atoms with Crippen molar-refractivity contribution in [3.8, 4) is 11.4 Å². The van der Waals surface area contributed by atoms with Gasteiger partial charge in [0.15, 0.2) is 5.16 Å². The average molecular weight is 475 g/mol. The van der Waals surface area contributed by atoms with Gasteiger partial charge in [0.25, 0.3) is 5.56 Å². The standard InChI is InChI=1S/C25H22N4O4S/c1-15-6-4-7-16(12-15)23-26-20(33-28-23)14-34-25-27-21-18-9-2-3-10-19(18)32-22(21)24(30)29(25)13-17-8-5-11-31-17/h2-4,6-7,9-10,12,17H,5,8,11,13-14H2,1H3/t17-/m0/s1. The zero-order chi connectivity index (χ0) is 23.1. The fourth-order valence-electron chi connectivity index (χ4n) is 4.26. The lowest BCUT2D eigenvalue weighted by molar-refractivity contribution is 0.0936. The van der Waals surface area contributed by atoms with Gasteiger partial charge >= 0.3 is 0 Å². The summed E-state index contributed by atoms with van der Waals surface area (Å²) in [4.78, 5) is 22.8. The Morgan fingerprint density at radius 2 is 2.06 bits per heavy atom. The maximum Gasteiger partial charge on any atom is 0.297 e. The third kappa shape index (κ3) is 3.91. The molecule has 34 heavy (non-hydrogen) atoms. The van der Waals surface area contributed by atoms with Crippen LogP contribution < -0.4 is 5.56 Å². The number of aromatic nitrogens is 4. The lowest BCUT2D eigenvalue weighted by Crippen LogP contribution is -2.28. The highest BCUT2D eigenvalue weighted by Crippen LogP contribution is 2.29. The van der Waals surface area contributed by atoms with Crippen molar-refractivity contribution >= 4 is 33.8 Å². The van der Waals surface area contributed by atoms with Crippen LogP contribution in [0.25, 0.3) is 33.5 Å². The Balaban J connectivity index is 1.35. The lowest BCUT2D eigenvalue weighted by atomic mass is 10.1. The molecule has 2 aromatic carbocycles. The van der Waals surface area contributed by atoms with Gasteiger partial charge in [-0.15, -0.1) is 0 Å². The summed E-state index contributed by atoms with van der Waals surface area (Å²) in [6.45, 7) is 3.17. The van der Waals surface area contributed by atoms with E-state index in [9.17, 15) is 4.79 Å². The van der Waals surface area contributed by atoms with E-state index in [1.807, 2.05) is 55.5 Å². The molecule has 1 aliphatic rings. The van der Waals surface area contributed by atoms with Crippen molar-refractivity contribution < 1.29 is 13.7 Å². The van der Waals surface area contributed by atoms with Gasteiger partial charge in [-0.2, -0.15) is 4.98 Å². The molecule has 172 valence electrons. The number of benzene rings is 2. The molecule has 1 atom stereocenters. The molecule has 9 heteroatoms. The lowest BCUT2D eigenvalue weighted by Gasteiger charge is -2.15. The van der Waals surface area contributed by atoms with Crippen LogP contribution in [0, 0.1) is 6.92 Å². The summed E-state index contributed by atoms with van der Waals surface area (Å²) in [6.07, 6.45) is 1.89. The highest BCUT2D eigenvalue weighted by atomic mass is 32.2. The third-order valence-corrected chi connectivity index (χ3v) is 6.89. The first-order chi connectivity index (χ1) is 16.7. The van der Waals surface area contributed by atoms with Crippen molar-refractivity contribution in [1.82, 2.24) is 19.7 Å². The van der Waals surface area contributed by atoms with Crippen LogP contribution in [0.2, 0.25) is 0 Å². The fraction of sp³-hybridized carbons (Fsp3) is 0.280. The summed E-state index contributed by atoms with van der Waals surface area (Å²) in [5, 5.41) is 5.52. The van der Waals surface area contributed by atoms with Crippen LogP contribution in [0.5, 0.6) is 0 Å². The SMILES string of the molecule is Cc1cccc(-c2noc(CSc3nc4c(oc5ccccc54)c(=O)n3C[C@@H]3CCCO3)n2)c1. The van der Waals surface area contributed by atoms with Crippen LogP contribution in [-0.2, 0) is 17.0 Å². The van der Waals surface area contributed by atoms with Crippen molar-refractivity contribution in [3.63, 3.8) is 0 Å². The van der Waals surface area contributed by atoms with E-state index >= 15 is 0 Å². The molecule has 4 heterocycles. The zero-order valence-corrected chi connectivity index (χ0v) is 19.4. The smallest absolute Gasteiger partial charge is 0.297 e. The highest BCUT2D eigenvalue weighted by Gasteiger charge is 2.23. The Morgan fingerprint density at radius 3 is 2.91 bits per heavy atom. The molecular weight excluding hydrogens is 452 g/mol. The number of nitrogens with zero attached hydrogens (tertiary/aromatic N) is 4. The number of fused-ring (bicyclic) bond motifs is 3. The molecule has 0 spiro atoms. The molecule has 6 rings (SSSR count). The van der Waals surface area contributed by atoms with Crippen LogP contribution in [0.1, 0.15) is 24.3 Å². The molecule has 0 aliphatic carbocycles. The molecule has 0 saturated carbocycles. The van der Waals surface area contributed by atoms with Crippen LogP contribution in [0.3, 0.4) is 0 Å². The van der Waals surface area contributed by atoms with E-state index in [2.05, 4.69) is 10.1 Å². The molecular formula is C25H22N4O4S. The Kier molecular flexibility index (Phi) is 5.43. The third-order valence-electron chi connectivity index (χ3n) is 5.93. The van der Waals surface area contributed by atoms with Crippen molar-refractivity contribution in [2.45, 2.75) is 43.3 Å². The van der Waals surface area contributed by atoms with Crippen LogP contribution in [-0.4, -0.2) is 32.4 Å². The predicted octanol–water partition coefficient (Wildman–Crippen LogP) is 4.97. The first-order valence-corrected chi connectivity index (χ1v) is 12.2. The van der Waals surface area contributed by atoms with E-state index in [4.69, 9.17) is 18.7 Å². The summed E-state index contributed by atoms with van der Waals surface area (Å²) in [7, 11) is 0. The van der Waals surface area contributed by atoms with Crippen LogP contribution in [0.4, 0.5) is 0 Å². The Hall–Kier alpha value is -3.43. The highest BCUT2D eigenvalue weighted by molar-refractivity contribution is 7.98. The number of hydrogen-bond acceptors (Lipinski definition) is 8. The summed E-state index contributed by atoms with van der Waals surface area (Å²) in [5.74, 6) is 1.40. The van der Waals surface area contributed by atoms with Crippen molar-refractivity contribution in [2.24, 2.45) is 0 Å². The zero-order valence-electron chi connectivity index (χ0n) is 18.6. The van der Waals surface area contributed by atoms with Gasteiger partial charge in [0.05, 0.1) is 18.4 Å². The number of hydrogen-bond donors (Lipinski definition) is 0. The van der Waals surface area contributed by atoms with E-state index in [0.717, 1.165) is 29.4 Å². The van der Waals surface area contributed by atoms with Gasteiger partial charge in [-0.1, -0.05) is 52.8 Å². The second kappa shape index (κ2) is 8.73. The number of para-hydroxylation sites is 1. The summed E-state index contributed by atoms with van der Waals surface area (Å²) < 4.78 is 18.8. The monoisotopic (exact) mass is 474 g/mol. The predicted molar refractivity (Wildman–Crippen MR) is 129 cm³/mol. The summed E-state index contributed by atoms with van der Waals surface area (Å²) in [5.41, 5.74) is 3.31. The molecule has 0 bridgehead atoms. The minimum Gasteiger partial charge on any atom is -0.448 e. The quantitative estimate of drug-likeness (QED) is 0.251. The van der Waals surface area contributed by atoms with E-state index in [-0.39, 0.29) is 17.2 Å². The molecule has 5 aromatic rings. The minimum atomic E-state index is -0.204. The van der Waals surface area contributed by atoms with E-state index < -0.39 is 0 Å². The molecule has 0 amide bonds. The Labute approximate surface area is 198 Å². The van der Waals surface area contributed by atoms with Gasteiger partial charge in [0, 0.05) is 17.6 Å². The summed E-state index contributed by atoms with van der Waals surface area (Å²) >= 11 is 1.39. The van der Waals surface area contributed by atoms with Gasteiger partial charge in [0.2, 0.25) is 17.3 Å². The number of rotatable bonds is 6. The molecule has 8 nitrogen and oxygen atoms in total. The van der Waals surface area contributed by atoms with Gasteiger partial charge in [-0.05, 0) is 38.0 Å². The van der Waals surface area contributed by atoms with Gasteiger partial charge in [-0.25, -0.2) is 4.98 Å². The second-order valence-corrected chi connectivity index (χ2v) is 9.33. The normalized spacial score (nSPS) is 16.1. The topological polar surface area (TPSA) is 96.2 Å². The molecule has 1 aliphatic heterocycles. The molecule has 0 N–H and O–H groups in total. The summed E-state index contributed by atoms with van der Waals surface area (Å²) in [6, 6.07) is 15.5. The maximum absolute atomic E-state index is 13.4. The van der Waals surface area contributed by atoms with E-state index in [0.29, 0.717) is 46.9 Å². The molecule has 0 radical (unpaired) electrons. The van der Waals surface area contributed by atoms with Gasteiger partial charge < -0.3 is 13.7 Å². The number of ether oxygens (including phenoxy) is 1. The van der Waals surface area contributed by atoms with Crippen LogP contribution >= 0.6 is 11.8 Å². The maximum atomic E-state index is 13.4. The Morgan fingerprint density at radius 1 is 1.15 bits per heavy atom. The van der Waals surface area contributed by atoms with Crippen molar-refractivity contribution in [3.05, 3.63) is 70.3 Å². The van der Waals surface area contributed by atoms with Crippen LogP contribution in [0.15, 0.2) is 67.4 Å². The average Bonchev–Trinajstić information content (AvgIpc) is 3.60. The van der Waals surface area contributed by atoms with Crippen molar-refractivity contribution in [2.75, 3.05) is 6.61 Å². The first-order valence-electron chi connectivity index (χ1n) is 11.2. The minimum absolute atomic E-state index is 0.0167. The molecule has 1 saturated heterocycles. The van der Waals surface area contributed by atoms with E-state index in [1.165, 1.54) is 11.8 Å². The Bertz CT molecular complexity index is 1550. The fourth-order valence-corrected chi connectivity index (χ4v) is 5.10. The second-order valence-electron chi connectivity index (χ2n) is 8.39. The van der Waals surface area contributed by atoms with Gasteiger partial charge in [0.1, 0.15) is 11.1 Å². The molecule has 0 unspecified atom stereocenters. The number of furan rings is 1.